The fraction of sp³-hybridized carbons (Fsp3) is 0.467. The van der Waals surface area contributed by atoms with Crippen LogP contribution in [0.4, 0.5) is 0 Å². The average molecular weight is 298 g/mol. The Morgan fingerprint density at radius 3 is 1.71 bits per heavy atom. The van der Waals surface area contributed by atoms with Crippen molar-refractivity contribution in [1.82, 2.24) is 0 Å². The van der Waals surface area contributed by atoms with Gasteiger partial charge in [0.1, 0.15) is 17.2 Å². The minimum atomic E-state index is -1.10. The summed E-state index contributed by atoms with van der Waals surface area (Å²) in [6, 6.07) is 3.39. The number of rotatable bonds is 8. The van der Waals surface area contributed by atoms with Crippen LogP contribution in [0.5, 0.6) is 17.2 Å². The van der Waals surface area contributed by atoms with Gasteiger partial charge in [0.05, 0.1) is 52.1 Å². The molecular formula is C15H22O6. The van der Waals surface area contributed by atoms with E-state index in [2.05, 4.69) is 0 Å². The second-order valence-corrected chi connectivity index (χ2v) is 4.62. The minimum absolute atomic E-state index is 0.378. The molecule has 6 heteroatoms. The highest BCUT2D eigenvalue weighted by atomic mass is 16.5. The minimum Gasteiger partial charge on any atom is -0.496 e. The molecule has 1 rings (SSSR count). The normalized spacial score (nSPS) is 11.7. The van der Waals surface area contributed by atoms with Crippen molar-refractivity contribution in [2.45, 2.75) is 0 Å². The van der Waals surface area contributed by atoms with Crippen molar-refractivity contribution in [3.05, 3.63) is 23.8 Å². The molecular weight excluding hydrogens is 276 g/mol. The molecule has 0 fully saturated rings. The van der Waals surface area contributed by atoms with Crippen LogP contribution in [0.25, 0.3) is 6.08 Å². The molecule has 0 heterocycles. The van der Waals surface area contributed by atoms with Crippen molar-refractivity contribution in [2.24, 2.45) is 5.41 Å². The van der Waals surface area contributed by atoms with Crippen LogP contribution >= 0.6 is 0 Å². The highest BCUT2D eigenvalue weighted by molar-refractivity contribution is 5.67. The molecule has 1 aromatic rings. The van der Waals surface area contributed by atoms with E-state index in [9.17, 15) is 15.3 Å². The summed E-state index contributed by atoms with van der Waals surface area (Å²) in [5, 5.41) is 28.0. The van der Waals surface area contributed by atoms with Crippen LogP contribution in [0.15, 0.2) is 18.2 Å². The standard InChI is InChI=1S/C15H22O6/c1-19-11-6-13(20-2)12(14(7-11)21-3)4-5-15(8-16,9-17)10-18/h4-7,16-18H,8-10H2,1-3H3. The van der Waals surface area contributed by atoms with Crippen molar-refractivity contribution >= 4 is 6.08 Å². The molecule has 0 spiro atoms. The van der Waals surface area contributed by atoms with Crippen LogP contribution in [0, 0.1) is 5.41 Å². The fourth-order valence-corrected chi connectivity index (χ4v) is 1.77. The topological polar surface area (TPSA) is 88.4 Å². The van der Waals surface area contributed by atoms with Crippen LogP contribution in [0.2, 0.25) is 0 Å². The molecule has 0 aliphatic heterocycles. The average Bonchev–Trinajstić information content (AvgIpc) is 2.55. The summed E-state index contributed by atoms with van der Waals surface area (Å²) in [7, 11) is 4.57. The maximum absolute atomic E-state index is 9.34. The quantitative estimate of drug-likeness (QED) is 0.654. The highest BCUT2D eigenvalue weighted by Gasteiger charge is 2.25. The number of hydrogen-bond acceptors (Lipinski definition) is 6. The van der Waals surface area contributed by atoms with E-state index in [-0.39, 0.29) is 19.8 Å². The molecule has 0 bridgehead atoms. The van der Waals surface area contributed by atoms with Gasteiger partial charge in [-0.2, -0.15) is 0 Å². The van der Waals surface area contributed by atoms with Crippen molar-refractivity contribution in [3.63, 3.8) is 0 Å². The van der Waals surface area contributed by atoms with Crippen LogP contribution in [0.1, 0.15) is 5.56 Å². The molecule has 118 valence electrons. The van der Waals surface area contributed by atoms with Gasteiger partial charge in [0.15, 0.2) is 0 Å². The Labute approximate surface area is 124 Å². The van der Waals surface area contributed by atoms with Crippen LogP contribution in [-0.4, -0.2) is 56.5 Å². The first-order chi connectivity index (χ1) is 10.1. The zero-order valence-electron chi connectivity index (χ0n) is 12.5. The van der Waals surface area contributed by atoms with E-state index in [1.54, 1.807) is 24.3 Å². The summed E-state index contributed by atoms with van der Waals surface area (Å²) in [5.74, 6) is 1.62. The summed E-state index contributed by atoms with van der Waals surface area (Å²) < 4.78 is 15.8. The van der Waals surface area contributed by atoms with E-state index in [0.717, 1.165) is 0 Å². The number of hydrogen-bond donors (Lipinski definition) is 3. The highest BCUT2D eigenvalue weighted by Crippen LogP contribution is 2.36. The molecule has 0 aliphatic carbocycles. The lowest BCUT2D eigenvalue weighted by Gasteiger charge is -2.23. The van der Waals surface area contributed by atoms with E-state index in [1.807, 2.05) is 0 Å². The van der Waals surface area contributed by atoms with Crippen LogP contribution in [-0.2, 0) is 0 Å². The van der Waals surface area contributed by atoms with Gasteiger partial charge < -0.3 is 29.5 Å². The van der Waals surface area contributed by atoms with E-state index in [1.165, 1.54) is 21.3 Å². The van der Waals surface area contributed by atoms with Crippen molar-refractivity contribution in [2.75, 3.05) is 41.2 Å². The molecule has 21 heavy (non-hydrogen) atoms. The molecule has 3 N–H and O–H groups in total. The van der Waals surface area contributed by atoms with Gasteiger partial charge in [-0.05, 0) is 0 Å². The zero-order valence-corrected chi connectivity index (χ0v) is 12.5. The van der Waals surface area contributed by atoms with Gasteiger partial charge in [-0.3, -0.25) is 0 Å². The smallest absolute Gasteiger partial charge is 0.133 e. The first-order valence-electron chi connectivity index (χ1n) is 6.41. The molecule has 0 radical (unpaired) electrons. The third kappa shape index (κ3) is 3.87. The first-order valence-corrected chi connectivity index (χ1v) is 6.41. The van der Waals surface area contributed by atoms with Crippen LogP contribution in [0.3, 0.4) is 0 Å². The monoisotopic (exact) mass is 298 g/mol. The predicted octanol–water partition coefficient (Wildman–Crippen LogP) is 0.689. The zero-order chi connectivity index (χ0) is 15.9. The fourth-order valence-electron chi connectivity index (χ4n) is 1.77. The van der Waals surface area contributed by atoms with E-state index < -0.39 is 5.41 Å². The first kappa shape index (κ1) is 17.3. The number of ether oxygens (including phenoxy) is 3. The Bertz CT molecular complexity index is 446. The largest absolute Gasteiger partial charge is 0.496 e. The lowest BCUT2D eigenvalue weighted by molar-refractivity contribution is 0.0424. The lowest BCUT2D eigenvalue weighted by Crippen LogP contribution is -2.31. The van der Waals surface area contributed by atoms with E-state index in [4.69, 9.17) is 14.2 Å². The second kappa shape index (κ2) is 7.87. The molecule has 0 aliphatic rings. The van der Waals surface area contributed by atoms with Crippen molar-refractivity contribution in [3.8, 4) is 17.2 Å². The third-order valence-corrected chi connectivity index (χ3v) is 3.30. The summed E-state index contributed by atoms with van der Waals surface area (Å²) in [6.07, 6.45) is 3.18. The molecule has 0 saturated heterocycles. The molecule has 1 aromatic carbocycles. The summed E-state index contributed by atoms with van der Waals surface area (Å²) in [5.41, 5.74) is -0.476. The van der Waals surface area contributed by atoms with Gasteiger partial charge in [-0.25, -0.2) is 0 Å². The molecule has 6 nitrogen and oxygen atoms in total. The van der Waals surface area contributed by atoms with Crippen molar-refractivity contribution in [1.29, 1.82) is 0 Å². The summed E-state index contributed by atoms with van der Waals surface area (Å²) >= 11 is 0. The SMILES string of the molecule is COc1cc(OC)c(C=CC(CO)(CO)CO)c(OC)c1. The Hall–Kier alpha value is -1.76. The third-order valence-electron chi connectivity index (χ3n) is 3.30. The maximum atomic E-state index is 9.34. The summed E-state index contributed by atoms with van der Waals surface area (Å²) in [4.78, 5) is 0. The molecule has 0 amide bonds. The number of methoxy groups -OCH3 is 3. The molecule has 0 aromatic heterocycles. The lowest BCUT2D eigenvalue weighted by atomic mass is 9.90. The Kier molecular flexibility index (Phi) is 6.48. The maximum Gasteiger partial charge on any atom is 0.133 e. The van der Waals surface area contributed by atoms with Gasteiger partial charge in [0.2, 0.25) is 0 Å². The Morgan fingerprint density at radius 1 is 0.905 bits per heavy atom. The predicted molar refractivity (Wildman–Crippen MR) is 78.8 cm³/mol. The number of benzene rings is 1. The van der Waals surface area contributed by atoms with Gasteiger partial charge in [0.25, 0.3) is 0 Å². The van der Waals surface area contributed by atoms with Crippen molar-refractivity contribution < 1.29 is 29.5 Å². The van der Waals surface area contributed by atoms with E-state index >= 15 is 0 Å². The van der Waals surface area contributed by atoms with Crippen LogP contribution < -0.4 is 14.2 Å². The Balaban J connectivity index is 3.28. The summed E-state index contributed by atoms with van der Waals surface area (Å²) in [6.45, 7) is -1.13. The Morgan fingerprint density at radius 2 is 1.38 bits per heavy atom. The van der Waals surface area contributed by atoms with E-state index in [0.29, 0.717) is 22.8 Å². The number of aliphatic hydroxyl groups is 3. The second-order valence-electron chi connectivity index (χ2n) is 4.62. The molecule has 0 saturated carbocycles. The van der Waals surface area contributed by atoms with Gasteiger partial charge in [-0.1, -0.05) is 12.2 Å². The molecule has 0 unspecified atom stereocenters. The number of aliphatic hydroxyl groups excluding tert-OH is 3. The van der Waals surface area contributed by atoms with Gasteiger partial charge in [0, 0.05) is 12.1 Å². The molecule has 0 atom stereocenters. The van der Waals surface area contributed by atoms with Gasteiger partial charge in [-0.15, -0.1) is 0 Å². The van der Waals surface area contributed by atoms with Gasteiger partial charge >= 0.3 is 0 Å².